The largest absolute Gasteiger partial charge is 0.447 e. The molecule has 6 amide bonds. The van der Waals surface area contributed by atoms with Crippen molar-refractivity contribution in [3.05, 3.63) is 29.8 Å². The highest BCUT2D eigenvalue weighted by Crippen LogP contribution is 2.10. The van der Waals surface area contributed by atoms with Crippen LogP contribution in [0.1, 0.15) is 64.9 Å². The van der Waals surface area contributed by atoms with Crippen LogP contribution in [0.5, 0.6) is 0 Å². The average molecular weight is 1590 g/mol. The lowest BCUT2D eigenvalue weighted by atomic mass is 10.0. The SMILES string of the molecule is Cc1ccc(NC(=O)OCCOCCOCCOCCOCCOCCOCCOCCOCCOCCOCCOCCOCCOCCOCCOCCOCCOCCOCCOCCOCCOCCOCCOCCC(=O)NCCCC[C@H](N)C(=O)N[C@H](C(=O)N[C@@H](C)CCCNC(N)=O)C(C)C)cc1. The third-order valence-corrected chi connectivity index (χ3v) is 14.8. The van der Waals surface area contributed by atoms with E-state index in [0.29, 0.717) is 342 Å². The van der Waals surface area contributed by atoms with E-state index in [1.54, 1.807) is 0 Å². The van der Waals surface area contributed by atoms with Crippen molar-refractivity contribution in [1.82, 2.24) is 21.3 Å². The minimum absolute atomic E-state index is 0.134. The lowest BCUT2D eigenvalue weighted by Crippen LogP contribution is -2.55. The van der Waals surface area contributed by atoms with E-state index in [9.17, 15) is 24.0 Å². The van der Waals surface area contributed by atoms with Crippen molar-refractivity contribution in [1.29, 1.82) is 0 Å². The fourth-order valence-corrected chi connectivity index (χ4v) is 8.85. The van der Waals surface area contributed by atoms with Gasteiger partial charge in [0.15, 0.2) is 0 Å². The molecule has 0 aliphatic carbocycles. The number of carbonyl (C=O) groups excluding carboxylic acids is 5. The standard InChI is InChI=1S/C74H139N7O29/c1-64(2)70(72(84)79-66(4)8-7-16-78-73(76)85)81-71(83)68(75)9-5-6-15-77-69(82)14-17-87-18-19-88-20-21-89-22-23-90-24-25-91-26-27-92-28-29-93-30-31-94-32-33-95-34-35-96-36-37-97-38-39-98-40-41-99-42-43-100-44-45-101-46-47-102-48-49-103-50-51-104-52-53-105-54-55-106-56-57-107-58-59-108-60-61-109-62-63-110-74(86)80-67-12-10-65(3)11-13-67/h10-13,64,66,68,70H,5-9,14-63,75H2,1-4H3,(H,77,82)(H,79,84)(H,80,86)(H,81,83)(H3,76,78,85)/t66-,68-,70-/m0/s1. The lowest BCUT2D eigenvalue weighted by molar-refractivity contribution is -0.131. The van der Waals surface area contributed by atoms with Crippen molar-refractivity contribution in [2.75, 3.05) is 329 Å². The van der Waals surface area contributed by atoms with Crippen molar-refractivity contribution < 1.29 is 138 Å². The first-order valence-electron chi connectivity index (χ1n) is 38.8. The molecule has 0 radical (unpaired) electrons. The summed E-state index contributed by atoms with van der Waals surface area (Å²) < 4.78 is 132. The van der Waals surface area contributed by atoms with Gasteiger partial charge < -0.3 is 146 Å². The van der Waals surface area contributed by atoms with Gasteiger partial charge in [-0.2, -0.15) is 0 Å². The highest BCUT2D eigenvalue weighted by Gasteiger charge is 2.27. The number of benzene rings is 1. The molecule has 0 saturated heterocycles. The molecule has 0 aliphatic rings. The molecule has 36 heteroatoms. The zero-order valence-corrected chi connectivity index (χ0v) is 66.5. The second-order valence-electron chi connectivity index (χ2n) is 24.5. The van der Waals surface area contributed by atoms with Crippen LogP contribution in [-0.4, -0.2) is 372 Å². The predicted octanol–water partition coefficient (Wildman–Crippen LogP) is 2.02. The summed E-state index contributed by atoms with van der Waals surface area (Å²) in [5.74, 6) is -0.990. The topological polar surface area (TPSA) is 419 Å². The molecule has 9 N–H and O–H groups in total. The first kappa shape index (κ1) is 103. The molecule has 0 aliphatic heterocycles. The Hall–Kier alpha value is -4.79. The van der Waals surface area contributed by atoms with E-state index in [-0.39, 0.29) is 50.0 Å². The van der Waals surface area contributed by atoms with Crippen LogP contribution in [0.25, 0.3) is 0 Å². The van der Waals surface area contributed by atoms with Crippen LogP contribution in [0.4, 0.5) is 15.3 Å². The van der Waals surface area contributed by atoms with Crippen LogP contribution in [0, 0.1) is 12.8 Å². The van der Waals surface area contributed by atoms with Gasteiger partial charge in [-0.3, -0.25) is 19.7 Å². The fourth-order valence-electron chi connectivity index (χ4n) is 8.85. The third-order valence-electron chi connectivity index (χ3n) is 14.8. The van der Waals surface area contributed by atoms with E-state index in [2.05, 4.69) is 26.6 Å². The molecule has 0 spiro atoms. The molecular weight excluding hydrogens is 1450 g/mol. The highest BCUT2D eigenvalue weighted by molar-refractivity contribution is 5.90. The van der Waals surface area contributed by atoms with Gasteiger partial charge >= 0.3 is 12.1 Å². The second-order valence-corrected chi connectivity index (χ2v) is 24.5. The summed E-state index contributed by atoms with van der Waals surface area (Å²) in [7, 11) is 0. The van der Waals surface area contributed by atoms with E-state index >= 15 is 0 Å². The Morgan fingerprint density at radius 2 is 0.600 bits per heavy atom. The molecule has 0 heterocycles. The number of anilines is 1. The van der Waals surface area contributed by atoms with Crippen molar-refractivity contribution in [2.24, 2.45) is 17.4 Å². The van der Waals surface area contributed by atoms with Gasteiger partial charge in [0.05, 0.1) is 310 Å². The number of unbranched alkanes of at least 4 members (excludes halogenated alkanes) is 1. The van der Waals surface area contributed by atoms with Crippen molar-refractivity contribution in [3.8, 4) is 0 Å². The molecule has 0 fully saturated rings. The highest BCUT2D eigenvalue weighted by atomic mass is 16.6. The summed E-state index contributed by atoms with van der Waals surface area (Å²) in [5.41, 5.74) is 13.0. The Kier molecular flexibility index (Phi) is 77.1. The normalized spacial score (nSPS) is 12.3. The predicted molar refractivity (Wildman–Crippen MR) is 406 cm³/mol. The maximum atomic E-state index is 12.9. The number of amides is 6. The van der Waals surface area contributed by atoms with Crippen LogP contribution in [0.3, 0.4) is 0 Å². The van der Waals surface area contributed by atoms with Crippen LogP contribution in [-0.2, 0) is 128 Å². The van der Waals surface area contributed by atoms with Gasteiger partial charge in [-0.25, -0.2) is 9.59 Å². The summed E-state index contributed by atoms with van der Waals surface area (Å²) in [6, 6.07) is 5.17. The summed E-state index contributed by atoms with van der Waals surface area (Å²) in [6.45, 7) is 29.0. The number of rotatable bonds is 87. The molecule has 1 aromatic carbocycles. The van der Waals surface area contributed by atoms with Crippen LogP contribution in [0.2, 0.25) is 0 Å². The summed E-state index contributed by atoms with van der Waals surface area (Å²) in [6.07, 6.45) is 2.63. The number of ether oxygens (including phenoxy) is 24. The van der Waals surface area contributed by atoms with E-state index in [1.807, 2.05) is 52.0 Å². The van der Waals surface area contributed by atoms with Gasteiger partial charge in [0.25, 0.3) is 0 Å². The quantitative estimate of drug-likeness (QED) is 0.0459. The van der Waals surface area contributed by atoms with Gasteiger partial charge in [-0.15, -0.1) is 0 Å². The van der Waals surface area contributed by atoms with Crippen molar-refractivity contribution >= 4 is 35.5 Å². The van der Waals surface area contributed by atoms with Gasteiger partial charge in [0.1, 0.15) is 12.6 Å². The zero-order valence-electron chi connectivity index (χ0n) is 66.5. The molecule has 0 bridgehead atoms. The molecule has 0 saturated carbocycles. The molecule has 644 valence electrons. The number of aryl methyl sites for hydroxylation is 1. The van der Waals surface area contributed by atoms with Gasteiger partial charge in [0.2, 0.25) is 17.7 Å². The first-order chi connectivity index (χ1) is 53.9. The van der Waals surface area contributed by atoms with Crippen LogP contribution in [0.15, 0.2) is 24.3 Å². The Labute approximate surface area is 652 Å². The van der Waals surface area contributed by atoms with Crippen LogP contribution >= 0.6 is 0 Å². The van der Waals surface area contributed by atoms with Crippen molar-refractivity contribution in [3.63, 3.8) is 0 Å². The van der Waals surface area contributed by atoms with E-state index in [1.165, 1.54) is 0 Å². The number of nitrogens with one attached hydrogen (secondary N) is 5. The molecule has 0 unspecified atom stereocenters. The van der Waals surface area contributed by atoms with E-state index < -0.39 is 30.1 Å². The summed E-state index contributed by atoms with van der Waals surface area (Å²) in [5, 5.41) is 13.7. The van der Waals surface area contributed by atoms with E-state index in [4.69, 9.17) is 125 Å². The van der Waals surface area contributed by atoms with Crippen molar-refractivity contribution in [2.45, 2.75) is 84.3 Å². The molecule has 36 nitrogen and oxygen atoms in total. The van der Waals surface area contributed by atoms with Gasteiger partial charge in [-0.05, 0) is 64.0 Å². The monoisotopic (exact) mass is 1590 g/mol. The van der Waals surface area contributed by atoms with Gasteiger partial charge in [-0.1, -0.05) is 31.5 Å². The molecule has 0 aromatic heterocycles. The fraction of sp³-hybridized carbons (Fsp3) is 0.851. The maximum Gasteiger partial charge on any atom is 0.411 e. The summed E-state index contributed by atoms with van der Waals surface area (Å²) in [4.78, 5) is 60.5. The minimum atomic E-state index is -0.790. The molecule has 3 atom stereocenters. The number of carbonyl (C=O) groups is 5. The van der Waals surface area contributed by atoms with Crippen LogP contribution < -0.4 is 38.1 Å². The Bertz CT molecular complexity index is 2200. The first-order valence-corrected chi connectivity index (χ1v) is 38.8. The number of primary amides is 1. The number of hydrogen-bond donors (Lipinski definition) is 7. The zero-order chi connectivity index (χ0) is 79.6. The second kappa shape index (κ2) is 82.2. The third kappa shape index (κ3) is 75.9. The van der Waals surface area contributed by atoms with Gasteiger partial charge in [0, 0.05) is 31.2 Å². The average Bonchev–Trinajstić information content (AvgIpc) is 0.885. The number of hydrogen-bond acceptors (Lipinski definition) is 30. The molecular formula is C74H139N7O29. The molecule has 1 rings (SSSR count). The molecule has 1 aromatic rings. The number of nitrogens with two attached hydrogens (primary N) is 2. The minimum Gasteiger partial charge on any atom is -0.447 e. The smallest absolute Gasteiger partial charge is 0.411 e. The summed E-state index contributed by atoms with van der Waals surface area (Å²) >= 11 is 0. The lowest BCUT2D eigenvalue weighted by Gasteiger charge is -2.25. The Morgan fingerprint density at radius 1 is 0.327 bits per heavy atom. The molecule has 110 heavy (non-hydrogen) atoms. The number of urea groups is 1. The Balaban J connectivity index is 1.66. The Morgan fingerprint density at radius 3 is 0.882 bits per heavy atom. The maximum absolute atomic E-state index is 12.9. The van der Waals surface area contributed by atoms with E-state index in [0.717, 1.165) is 5.56 Å².